The van der Waals surface area contributed by atoms with Crippen LogP contribution in [0, 0.1) is 0 Å². The van der Waals surface area contributed by atoms with Crippen molar-refractivity contribution in [3.63, 3.8) is 0 Å². The van der Waals surface area contributed by atoms with Crippen LogP contribution in [0.25, 0.3) is 0 Å². The van der Waals surface area contributed by atoms with Gasteiger partial charge in [-0.2, -0.15) is 0 Å². The highest BCUT2D eigenvalue weighted by molar-refractivity contribution is 5.78. The van der Waals surface area contributed by atoms with E-state index in [0.717, 1.165) is 19.6 Å². The Morgan fingerprint density at radius 1 is 1.10 bits per heavy atom. The molecular weight excluding hydrogens is 266 g/mol. The topological polar surface area (TPSA) is 68.9 Å². The number of rotatable bonds is 14. The largest absolute Gasteiger partial charge is 0.383 e. The maximum Gasteiger partial charge on any atom is 0.188 e. The predicted octanol–water partition coefficient (Wildman–Crippen LogP) is 2.69. The van der Waals surface area contributed by atoms with E-state index in [1.165, 1.54) is 38.5 Å². The van der Waals surface area contributed by atoms with Crippen LogP contribution in [0.5, 0.6) is 0 Å². The maximum absolute atomic E-state index is 5.77. The number of methoxy groups -OCH3 is 1. The summed E-state index contributed by atoms with van der Waals surface area (Å²) in [5, 5.41) is 3.08. The van der Waals surface area contributed by atoms with Gasteiger partial charge in [-0.3, -0.25) is 4.99 Å². The summed E-state index contributed by atoms with van der Waals surface area (Å²) in [7, 11) is 1.67. The first-order valence-electron chi connectivity index (χ1n) is 8.33. The molecule has 126 valence electrons. The molecule has 21 heavy (non-hydrogen) atoms. The van der Waals surface area contributed by atoms with Crippen molar-refractivity contribution in [1.29, 1.82) is 0 Å². The van der Waals surface area contributed by atoms with E-state index in [1.807, 2.05) is 6.92 Å². The fourth-order valence-electron chi connectivity index (χ4n) is 2.04. The molecule has 0 spiro atoms. The fourth-order valence-corrected chi connectivity index (χ4v) is 2.04. The summed E-state index contributed by atoms with van der Waals surface area (Å²) in [5.41, 5.74) is 5.77. The monoisotopic (exact) mass is 301 g/mol. The van der Waals surface area contributed by atoms with Crippen molar-refractivity contribution in [2.45, 2.75) is 64.8 Å². The molecule has 0 amide bonds. The van der Waals surface area contributed by atoms with Crippen molar-refractivity contribution in [2.24, 2.45) is 10.7 Å². The van der Waals surface area contributed by atoms with Crippen LogP contribution < -0.4 is 11.1 Å². The molecular formula is C16H35N3O2. The van der Waals surface area contributed by atoms with E-state index in [4.69, 9.17) is 15.2 Å². The lowest BCUT2D eigenvalue weighted by atomic mass is 10.1. The van der Waals surface area contributed by atoms with Crippen LogP contribution in [0.15, 0.2) is 4.99 Å². The Morgan fingerprint density at radius 3 is 2.48 bits per heavy atom. The molecule has 0 heterocycles. The van der Waals surface area contributed by atoms with Gasteiger partial charge in [0.1, 0.15) is 0 Å². The average molecular weight is 301 g/mol. The van der Waals surface area contributed by atoms with Gasteiger partial charge >= 0.3 is 0 Å². The first kappa shape index (κ1) is 20.2. The molecule has 3 N–H and O–H groups in total. The number of aliphatic imine (C=N–C) groups is 1. The Bertz CT molecular complexity index is 248. The number of hydrogen-bond acceptors (Lipinski definition) is 3. The lowest BCUT2D eigenvalue weighted by molar-refractivity contribution is 0.129. The Morgan fingerprint density at radius 2 is 1.76 bits per heavy atom. The van der Waals surface area contributed by atoms with Gasteiger partial charge in [-0.1, -0.05) is 39.0 Å². The number of ether oxygens (including phenoxy) is 2. The van der Waals surface area contributed by atoms with Gasteiger partial charge in [-0.05, 0) is 19.8 Å². The molecule has 1 atom stereocenters. The lowest BCUT2D eigenvalue weighted by Gasteiger charge is -2.12. The Labute approximate surface area is 130 Å². The molecule has 5 heteroatoms. The van der Waals surface area contributed by atoms with Gasteiger partial charge in [0.2, 0.25) is 0 Å². The number of nitrogens with zero attached hydrogens (tertiary/aromatic N) is 1. The van der Waals surface area contributed by atoms with Gasteiger partial charge < -0.3 is 20.5 Å². The Balaban J connectivity index is 3.30. The number of nitrogens with two attached hydrogens (primary N) is 1. The molecule has 0 rings (SSSR count). The van der Waals surface area contributed by atoms with Crippen LogP contribution >= 0.6 is 0 Å². The molecule has 0 aliphatic heterocycles. The van der Waals surface area contributed by atoms with Crippen molar-refractivity contribution in [3.05, 3.63) is 0 Å². The van der Waals surface area contributed by atoms with Crippen LogP contribution in [0.3, 0.4) is 0 Å². The van der Waals surface area contributed by atoms with Crippen LogP contribution in [0.2, 0.25) is 0 Å². The summed E-state index contributed by atoms with van der Waals surface area (Å²) in [4.78, 5) is 4.26. The molecule has 0 fully saturated rings. The van der Waals surface area contributed by atoms with Gasteiger partial charge in [-0.25, -0.2) is 0 Å². The third kappa shape index (κ3) is 15.4. The first-order chi connectivity index (χ1) is 10.2. The molecule has 0 aliphatic rings. The minimum Gasteiger partial charge on any atom is -0.383 e. The van der Waals surface area contributed by atoms with Gasteiger partial charge in [0.15, 0.2) is 5.96 Å². The third-order valence-electron chi connectivity index (χ3n) is 3.18. The lowest BCUT2D eigenvalue weighted by Crippen LogP contribution is -2.40. The predicted molar refractivity (Wildman–Crippen MR) is 89.8 cm³/mol. The van der Waals surface area contributed by atoms with Crippen molar-refractivity contribution in [3.8, 4) is 0 Å². The zero-order valence-corrected chi connectivity index (χ0v) is 14.2. The standard InChI is InChI=1S/C16H35N3O2/c1-4-5-6-7-8-9-12-21-13-10-11-18-16(17)19-15(2)14-20-3/h15H,4-14H2,1-3H3,(H3,17,18,19). The molecule has 0 radical (unpaired) electrons. The zero-order valence-electron chi connectivity index (χ0n) is 14.2. The van der Waals surface area contributed by atoms with Crippen molar-refractivity contribution >= 4 is 5.96 Å². The van der Waals surface area contributed by atoms with E-state index in [0.29, 0.717) is 19.1 Å². The summed E-state index contributed by atoms with van der Waals surface area (Å²) in [5.74, 6) is 0.482. The molecule has 0 aromatic rings. The normalized spacial score (nSPS) is 13.4. The first-order valence-corrected chi connectivity index (χ1v) is 8.33. The van der Waals surface area contributed by atoms with E-state index < -0.39 is 0 Å². The van der Waals surface area contributed by atoms with Crippen LogP contribution in [0.4, 0.5) is 0 Å². The van der Waals surface area contributed by atoms with Gasteiger partial charge in [0, 0.05) is 32.9 Å². The molecule has 0 aliphatic carbocycles. The van der Waals surface area contributed by atoms with Gasteiger partial charge in [-0.15, -0.1) is 0 Å². The molecule has 0 bridgehead atoms. The van der Waals surface area contributed by atoms with Crippen molar-refractivity contribution in [1.82, 2.24) is 5.32 Å². The summed E-state index contributed by atoms with van der Waals surface area (Å²) in [6.07, 6.45) is 8.73. The van der Waals surface area contributed by atoms with Crippen molar-refractivity contribution in [2.75, 3.05) is 33.5 Å². The highest BCUT2D eigenvalue weighted by Crippen LogP contribution is 2.04. The number of unbranched alkanes of at least 4 members (excludes halogenated alkanes) is 5. The SMILES string of the molecule is CCCCCCCCOCCCN=C(N)NC(C)COC. The summed E-state index contributed by atoms with van der Waals surface area (Å²) < 4.78 is 10.6. The molecule has 0 aromatic carbocycles. The highest BCUT2D eigenvalue weighted by atomic mass is 16.5. The van der Waals surface area contributed by atoms with Crippen LogP contribution in [-0.2, 0) is 9.47 Å². The molecule has 0 saturated heterocycles. The van der Waals surface area contributed by atoms with E-state index in [1.54, 1.807) is 7.11 Å². The quantitative estimate of drug-likeness (QED) is 0.294. The number of guanidine groups is 1. The molecule has 0 aromatic heterocycles. The molecule has 0 saturated carbocycles. The minimum absolute atomic E-state index is 0.183. The number of nitrogens with one attached hydrogen (secondary N) is 1. The Kier molecular flexibility index (Phi) is 15.0. The second-order valence-electron chi connectivity index (χ2n) is 5.50. The molecule has 1 unspecified atom stereocenters. The van der Waals surface area contributed by atoms with E-state index >= 15 is 0 Å². The molecule has 5 nitrogen and oxygen atoms in total. The second kappa shape index (κ2) is 15.6. The Hall–Kier alpha value is -0.810. The van der Waals surface area contributed by atoms with E-state index in [-0.39, 0.29) is 6.04 Å². The summed E-state index contributed by atoms with van der Waals surface area (Å²) in [6.45, 7) is 7.21. The summed E-state index contributed by atoms with van der Waals surface area (Å²) >= 11 is 0. The van der Waals surface area contributed by atoms with Crippen LogP contribution in [0.1, 0.15) is 58.8 Å². The number of hydrogen-bond donors (Lipinski definition) is 2. The highest BCUT2D eigenvalue weighted by Gasteiger charge is 2.00. The van der Waals surface area contributed by atoms with E-state index in [9.17, 15) is 0 Å². The minimum atomic E-state index is 0.183. The average Bonchev–Trinajstić information content (AvgIpc) is 2.45. The third-order valence-corrected chi connectivity index (χ3v) is 3.18. The van der Waals surface area contributed by atoms with Gasteiger partial charge in [0.25, 0.3) is 0 Å². The van der Waals surface area contributed by atoms with Crippen molar-refractivity contribution < 1.29 is 9.47 Å². The maximum atomic E-state index is 5.77. The summed E-state index contributed by atoms with van der Waals surface area (Å²) in [6, 6.07) is 0.183. The smallest absolute Gasteiger partial charge is 0.188 e. The fraction of sp³-hybridized carbons (Fsp3) is 0.938. The zero-order chi connectivity index (χ0) is 15.8. The second-order valence-corrected chi connectivity index (χ2v) is 5.50. The van der Waals surface area contributed by atoms with Gasteiger partial charge in [0.05, 0.1) is 6.61 Å². The van der Waals surface area contributed by atoms with E-state index in [2.05, 4.69) is 17.2 Å². The van der Waals surface area contributed by atoms with Crippen LogP contribution in [-0.4, -0.2) is 45.5 Å².